The van der Waals surface area contributed by atoms with Crippen LogP contribution in [0.1, 0.15) is 6.42 Å². The molecule has 1 fully saturated rings. The molecule has 0 aromatic rings. The summed E-state index contributed by atoms with van der Waals surface area (Å²) in [6.07, 6.45) is 1.09. The smallest absolute Gasteiger partial charge is 0.258 e. The second-order valence-corrected chi connectivity index (χ2v) is 3.55. The number of ether oxygens (including phenoxy) is 2. The second-order valence-electron chi connectivity index (χ2n) is 3.20. The van der Waals surface area contributed by atoms with E-state index >= 15 is 0 Å². The van der Waals surface area contributed by atoms with Crippen molar-refractivity contribution in [3.63, 3.8) is 0 Å². The monoisotopic (exact) mass is 189 g/mol. The van der Waals surface area contributed by atoms with Gasteiger partial charge in [-0.15, -0.1) is 0 Å². The van der Waals surface area contributed by atoms with E-state index in [0.717, 1.165) is 19.6 Å². The molecule has 1 aliphatic rings. The number of nitrogens with zero attached hydrogens (tertiary/aromatic N) is 1. The van der Waals surface area contributed by atoms with Crippen LogP contribution < -0.4 is 0 Å². The van der Waals surface area contributed by atoms with Crippen molar-refractivity contribution in [3.8, 4) is 0 Å². The fourth-order valence-electron chi connectivity index (χ4n) is 1.03. The Balaban J connectivity index is 2.12. The van der Waals surface area contributed by atoms with Gasteiger partial charge in [0, 0.05) is 26.6 Å². The molecule has 1 atom stereocenters. The molecule has 0 aromatic carbocycles. The maximum Gasteiger partial charge on any atom is 0.258 e. The first-order valence-electron chi connectivity index (χ1n) is 4.12. The van der Waals surface area contributed by atoms with Gasteiger partial charge in [0.05, 0.1) is 13.2 Å². The lowest BCUT2D eigenvalue weighted by molar-refractivity contribution is 0.159. The molecule has 0 amide bonds. The lowest BCUT2D eigenvalue weighted by Gasteiger charge is -2.16. The van der Waals surface area contributed by atoms with Gasteiger partial charge >= 0.3 is 0 Å². The van der Waals surface area contributed by atoms with Crippen LogP contribution in [0.4, 0.5) is 0 Å². The van der Waals surface area contributed by atoms with Crippen molar-refractivity contribution in [2.75, 3.05) is 33.9 Å². The molecule has 1 saturated heterocycles. The molecule has 70 valence electrons. The Bertz CT molecular complexity index is 155. The highest BCUT2D eigenvalue weighted by Gasteiger charge is 2.16. The highest BCUT2D eigenvalue weighted by molar-refractivity contribution is 7.80. The molecule has 0 spiro atoms. The highest BCUT2D eigenvalue weighted by atomic mass is 32.1. The van der Waals surface area contributed by atoms with Crippen molar-refractivity contribution in [1.29, 1.82) is 0 Å². The molecular weight excluding hydrogens is 174 g/mol. The minimum Gasteiger partial charge on any atom is -0.471 e. The topological polar surface area (TPSA) is 21.7 Å². The third kappa shape index (κ3) is 2.95. The molecule has 0 bridgehead atoms. The van der Waals surface area contributed by atoms with Gasteiger partial charge in [-0.25, -0.2) is 0 Å². The summed E-state index contributed by atoms with van der Waals surface area (Å²) in [5, 5.41) is 0.557. The molecule has 0 aliphatic carbocycles. The van der Waals surface area contributed by atoms with Crippen molar-refractivity contribution in [2.24, 2.45) is 5.92 Å². The second kappa shape index (κ2) is 4.62. The van der Waals surface area contributed by atoms with E-state index in [0.29, 0.717) is 17.7 Å². The summed E-state index contributed by atoms with van der Waals surface area (Å²) in [7, 11) is 3.76. The lowest BCUT2D eigenvalue weighted by Crippen LogP contribution is -2.25. The van der Waals surface area contributed by atoms with Gasteiger partial charge in [-0.3, -0.25) is 0 Å². The molecule has 4 heteroatoms. The first-order valence-corrected chi connectivity index (χ1v) is 4.53. The van der Waals surface area contributed by atoms with E-state index in [-0.39, 0.29) is 0 Å². The van der Waals surface area contributed by atoms with Gasteiger partial charge in [0.25, 0.3) is 5.17 Å². The van der Waals surface area contributed by atoms with E-state index in [1.54, 1.807) is 4.90 Å². The predicted molar refractivity (Wildman–Crippen MR) is 51.2 cm³/mol. The minimum atomic E-state index is 0.530. The molecular formula is C8H15NO2S. The Morgan fingerprint density at radius 1 is 1.67 bits per heavy atom. The van der Waals surface area contributed by atoms with Crippen LogP contribution in [0, 0.1) is 5.92 Å². The maximum absolute atomic E-state index is 5.36. The summed E-state index contributed by atoms with van der Waals surface area (Å²) >= 11 is 4.98. The SMILES string of the molecule is CN(C)C(=S)OCC1CCOC1. The average Bonchev–Trinajstić information content (AvgIpc) is 2.51. The van der Waals surface area contributed by atoms with E-state index in [4.69, 9.17) is 21.7 Å². The quantitative estimate of drug-likeness (QED) is 0.601. The van der Waals surface area contributed by atoms with Crippen LogP contribution in [0.15, 0.2) is 0 Å². The van der Waals surface area contributed by atoms with Gasteiger partial charge in [0.1, 0.15) is 0 Å². The van der Waals surface area contributed by atoms with Crippen LogP contribution in [0.5, 0.6) is 0 Å². The van der Waals surface area contributed by atoms with Crippen molar-refractivity contribution in [2.45, 2.75) is 6.42 Å². The van der Waals surface area contributed by atoms with Crippen LogP contribution in [-0.4, -0.2) is 44.0 Å². The first-order chi connectivity index (χ1) is 5.70. The van der Waals surface area contributed by atoms with Crippen LogP contribution in [0.3, 0.4) is 0 Å². The summed E-state index contributed by atoms with van der Waals surface area (Å²) in [6.45, 7) is 2.37. The number of hydrogen-bond donors (Lipinski definition) is 0. The standard InChI is InChI=1S/C8H15NO2S/c1-9(2)8(12)11-6-7-3-4-10-5-7/h7H,3-6H2,1-2H3. The lowest BCUT2D eigenvalue weighted by atomic mass is 10.1. The summed E-state index contributed by atoms with van der Waals surface area (Å²) in [5.41, 5.74) is 0. The van der Waals surface area contributed by atoms with Crippen molar-refractivity contribution in [1.82, 2.24) is 4.90 Å². The Kier molecular flexibility index (Phi) is 3.75. The van der Waals surface area contributed by atoms with Gasteiger partial charge in [-0.1, -0.05) is 0 Å². The third-order valence-electron chi connectivity index (χ3n) is 1.83. The van der Waals surface area contributed by atoms with Gasteiger partial charge < -0.3 is 14.4 Å². The highest BCUT2D eigenvalue weighted by Crippen LogP contribution is 2.12. The Morgan fingerprint density at radius 2 is 2.42 bits per heavy atom. The van der Waals surface area contributed by atoms with Gasteiger partial charge in [-0.2, -0.15) is 0 Å². The summed E-state index contributed by atoms with van der Waals surface area (Å²) in [4.78, 5) is 1.80. The van der Waals surface area contributed by atoms with Crippen molar-refractivity contribution in [3.05, 3.63) is 0 Å². The van der Waals surface area contributed by atoms with Crippen LogP contribution in [0.25, 0.3) is 0 Å². The molecule has 0 saturated carbocycles. The molecule has 1 unspecified atom stereocenters. The fourth-order valence-corrected chi connectivity index (χ4v) is 1.10. The molecule has 0 aromatic heterocycles. The number of thiocarbonyl (C=S) groups is 1. The van der Waals surface area contributed by atoms with Crippen LogP contribution >= 0.6 is 12.2 Å². The molecule has 0 radical (unpaired) electrons. The Labute approximate surface area is 78.6 Å². The van der Waals surface area contributed by atoms with Crippen LogP contribution in [0.2, 0.25) is 0 Å². The molecule has 0 N–H and O–H groups in total. The molecule has 1 rings (SSSR count). The Morgan fingerprint density at radius 3 is 2.92 bits per heavy atom. The van der Waals surface area contributed by atoms with Crippen LogP contribution in [-0.2, 0) is 9.47 Å². The number of rotatable bonds is 2. The van der Waals surface area contributed by atoms with E-state index in [2.05, 4.69) is 0 Å². The van der Waals surface area contributed by atoms with Gasteiger partial charge in [0.2, 0.25) is 0 Å². The minimum absolute atomic E-state index is 0.530. The van der Waals surface area contributed by atoms with E-state index in [1.807, 2.05) is 14.1 Å². The van der Waals surface area contributed by atoms with E-state index < -0.39 is 0 Å². The van der Waals surface area contributed by atoms with E-state index in [1.165, 1.54) is 0 Å². The summed E-state index contributed by atoms with van der Waals surface area (Å²) in [6, 6.07) is 0. The third-order valence-corrected chi connectivity index (χ3v) is 2.31. The molecule has 1 heterocycles. The zero-order valence-corrected chi connectivity index (χ0v) is 8.39. The predicted octanol–water partition coefficient (Wildman–Crippen LogP) is 0.886. The van der Waals surface area contributed by atoms with Crippen molar-refractivity contribution >= 4 is 17.4 Å². The van der Waals surface area contributed by atoms with Crippen molar-refractivity contribution < 1.29 is 9.47 Å². The zero-order chi connectivity index (χ0) is 8.97. The normalized spacial score (nSPS) is 22.3. The van der Waals surface area contributed by atoms with Gasteiger partial charge in [-0.05, 0) is 18.6 Å². The summed E-state index contributed by atoms with van der Waals surface area (Å²) < 4.78 is 10.6. The largest absolute Gasteiger partial charge is 0.471 e. The first kappa shape index (κ1) is 9.74. The molecule has 3 nitrogen and oxygen atoms in total. The summed E-state index contributed by atoms with van der Waals surface area (Å²) in [5.74, 6) is 0.530. The van der Waals surface area contributed by atoms with E-state index in [9.17, 15) is 0 Å². The molecule has 1 aliphatic heterocycles. The zero-order valence-electron chi connectivity index (χ0n) is 7.58. The molecule has 12 heavy (non-hydrogen) atoms. The van der Waals surface area contributed by atoms with Gasteiger partial charge in [0.15, 0.2) is 0 Å². The number of hydrogen-bond acceptors (Lipinski definition) is 3. The Hall–Kier alpha value is -0.350. The fraction of sp³-hybridized carbons (Fsp3) is 0.875. The maximum atomic E-state index is 5.36. The average molecular weight is 189 g/mol.